The first kappa shape index (κ1) is 17.8. The Labute approximate surface area is 144 Å². The molecule has 0 spiro atoms. The van der Waals surface area contributed by atoms with Crippen LogP contribution in [-0.4, -0.2) is 18.3 Å². The van der Waals surface area contributed by atoms with Gasteiger partial charge in [0.1, 0.15) is 12.8 Å². The molecule has 2 aromatic carbocycles. The largest absolute Gasteiger partial charge is 0.445 e. The standard InChI is InChI=1S/C17H17N5O3/c18-22-21-16(23)19-15(11-13-7-3-1-4-8-13)20-17(24)25-12-14-9-5-2-6-10-14/h1-10,15H,11-12H2,(H,19,23)(H,20,24)/t15-/m0/s1. The molecule has 0 unspecified atom stereocenters. The fourth-order valence-electron chi connectivity index (χ4n) is 2.11. The van der Waals surface area contributed by atoms with Crippen LogP contribution in [0.15, 0.2) is 65.8 Å². The topological polar surface area (TPSA) is 116 Å². The van der Waals surface area contributed by atoms with Crippen molar-refractivity contribution < 1.29 is 14.3 Å². The molecular formula is C17H17N5O3. The number of amides is 3. The molecule has 1 atom stereocenters. The number of carbonyl (C=O) groups excluding carboxylic acids is 2. The van der Waals surface area contributed by atoms with Crippen molar-refractivity contribution in [2.45, 2.75) is 19.2 Å². The van der Waals surface area contributed by atoms with Gasteiger partial charge in [-0.05, 0) is 16.7 Å². The summed E-state index contributed by atoms with van der Waals surface area (Å²) >= 11 is 0. The number of rotatable bonds is 6. The second-order valence-electron chi connectivity index (χ2n) is 5.09. The van der Waals surface area contributed by atoms with Gasteiger partial charge in [-0.15, -0.1) is 0 Å². The van der Waals surface area contributed by atoms with Gasteiger partial charge in [-0.2, -0.15) is 0 Å². The van der Waals surface area contributed by atoms with Gasteiger partial charge >= 0.3 is 12.1 Å². The summed E-state index contributed by atoms with van der Waals surface area (Å²) < 4.78 is 5.13. The molecule has 8 heteroatoms. The number of hydrogen-bond acceptors (Lipinski definition) is 3. The third-order valence-electron chi connectivity index (χ3n) is 3.22. The average Bonchev–Trinajstić information content (AvgIpc) is 2.62. The molecule has 0 saturated heterocycles. The maximum atomic E-state index is 12.0. The molecular weight excluding hydrogens is 322 g/mol. The molecule has 0 fully saturated rings. The third-order valence-corrected chi connectivity index (χ3v) is 3.22. The maximum absolute atomic E-state index is 12.0. The van der Waals surface area contributed by atoms with E-state index >= 15 is 0 Å². The van der Waals surface area contributed by atoms with E-state index < -0.39 is 18.3 Å². The summed E-state index contributed by atoms with van der Waals surface area (Å²) in [7, 11) is 0. The molecule has 8 nitrogen and oxygen atoms in total. The Bertz CT molecular complexity index is 745. The first-order chi connectivity index (χ1) is 12.2. The molecule has 25 heavy (non-hydrogen) atoms. The molecule has 0 aromatic heterocycles. The van der Waals surface area contributed by atoms with Gasteiger partial charge in [0.15, 0.2) is 0 Å². The summed E-state index contributed by atoms with van der Waals surface area (Å²) in [6, 6.07) is 17.6. The molecule has 0 aliphatic heterocycles. The van der Waals surface area contributed by atoms with Crippen molar-refractivity contribution in [2.75, 3.05) is 0 Å². The lowest BCUT2D eigenvalue weighted by molar-refractivity contribution is 0.134. The first-order valence-electron chi connectivity index (χ1n) is 7.54. The van der Waals surface area contributed by atoms with E-state index in [2.05, 4.69) is 20.7 Å². The summed E-state index contributed by atoms with van der Waals surface area (Å²) in [5.41, 5.74) is 10.0. The molecule has 0 radical (unpaired) electrons. The van der Waals surface area contributed by atoms with Crippen LogP contribution in [-0.2, 0) is 17.8 Å². The smallest absolute Gasteiger partial charge is 0.409 e. The summed E-state index contributed by atoms with van der Waals surface area (Å²) in [4.78, 5) is 25.9. The fraction of sp³-hybridized carbons (Fsp3) is 0.176. The van der Waals surface area contributed by atoms with Crippen LogP contribution in [0.1, 0.15) is 11.1 Å². The van der Waals surface area contributed by atoms with Gasteiger partial charge in [0.25, 0.3) is 0 Å². The summed E-state index contributed by atoms with van der Waals surface area (Å²) in [6.07, 6.45) is -1.15. The number of nitrogens with one attached hydrogen (secondary N) is 2. The Morgan fingerprint density at radius 3 is 2.20 bits per heavy atom. The van der Waals surface area contributed by atoms with Gasteiger partial charge in [-0.1, -0.05) is 60.7 Å². The maximum Gasteiger partial charge on any atom is 0.409 e. The second kappa shape index (κ2) is 9.59. The Morgan fingerprint density at radius 2 is 1.60 bits per heavy atom. The third kappa shape index (κ3) is 6.64. The van der Waals surface area contributed by atoms with E-state index in [1.165, 1.54) is 0 Å². The Hall–Kier alpha value is -3.51. The predicted molar refractivity (Wildman–Crippen MR) is 91.4 cm³/mol. The molecule has 0 bridgehead atoms. The molecule has 2 N–H and O–H groups in total. The number of alkyl carbamates (subject to hydrolysis) is 1. The van der Waals surface area contributed by atoms with Gasteiger partial charge < -0.3 is 15.4 Å². The molecule has 2 aromatic rings. The van der Waals surface area contributed by atoms with Gasteiger partial charge in [0.2, 0.25) is 0 Å². The van der Waals surface area contributed by atoms with Crippen LogP contribution in [0.2, 0.25) is 0 Å². The summed E-state index contributed by atoms with van der Waals surface area (Å²) in [6.45, 7) is 0.106. The predicted octanol–water partition coefficient (Wildman–Crippen LogP) is 3.50. The van der Waals surface area contributed by atoms with Crippen molar-refractivity contribution in [1.82, 2.24) is 10.6 Å². The van der Waals surface area contributed by atoms with Crippen LogP contribution in [0.4, 0.5) is 9.59 Å². The van der Waals surface area contributed by atoms with E-state index in [0.717, 1.165) is 11.1 Å². The van der Waals surface area contributed by atoms with Crippen molar-refractivity contribution in [2.24, 2.45) is 5.11 Å². The Morgan fingerprint density at radius 1 is 1.00 bits per heavy atom. The molecule has 0 saturated carbocycles. The number of hydrogen-bond donors (Lipinski definition) is 2. The molecule has 3 amide bonds. The van der Waals surface area contributed by atoms with Crippen LogP contribution in [0.5, 0.6) is 0 Å². The average molecular weight is 339 g/mol. The van der Waals surface area contributed by atoms with Gasteiger partial charge in [0, 0.05) is 16.4 Å². The lowest BCUT2D eigenvalue weighted by Crippen LogP contribution is -2.48. The first-order valence-corrected chi connectivity index (χ1v) is 7.54. The molecule has 128 valence electrons. The summed E-state index contributed by atoms with van der Waals surface area (Å²) in [5.74, 6) is 0. The molecule has 0 aliphatic rings. The monoisotopic (exact) mass is 339 g/mol. The minimum absolute atomic E-state index is 0.106. The number of benzene rings is 2. The highest BCUT2D eigenvalue weighted by Crippen LogP contribution is 2.04. The van der Waals surface area contributed by atoms with Gasteiger partial charge in [-0.3, -0.25) is 4.79 Å². The van der Waals surface area contributed by atoms with Crippen LogP contribution in [0, 0.1) is 0 Å². The summed E-state index contributed by atoms with van der Waals surface area (Å²) in [5, 5.41) is 7.92. The van der Waals surface area contributed by atoms with Crippen molar-refractivity contribution in [3.63, 3.8) is 0 Å². The number of nitrogens with zero attached hydrogens (tertiary/aromatic N) is 3. The normalized spacial score (nSPS) is 10.9. The van der Waals surface area contributed by atoms with E-state index in [-0.39, 0.29) is 6.61 Å². The zero-order valence-corrected chi connectivity index (χ0v) is 13.3. The Balaban J connectivity index is 1.95. The van der Waals surface area contributed by atoms with Crippen molar-refractivity contribution in [3.05, 3.63) is 82.2 Å². The second-order valence-corrected chi connectivity index (χ2v) is 5.09. The lowest BCUT2D eigenvalue weighted by Gasteiger charge is -2.19. The van der Waals surface area contributed by atoms with Gasteiger partial charge in [-0.25, -0.2) is 4.79 Å². The minimum atomic E-state index is -0.883. The highest BCUT2D eigenvalue weighted by atomic mass is 16.5. The highest BCUT2D eigenvalue weighted by molar-refractivity contribution is 5.76. The van der Waals surface area contributed by atoms with Crippen LogP contribution in [0.25, 0.3) is 10.4 Å². The SMILES string of the molecule is [N-]=[N+]=NC(=O)N[C@H](Cc1ccccc1)NC(=O)OCc1ccccc1. The quantitative estimate of drug-likeness (QED) is 0.363. The van der Waals surface area contributed by atoms with Crippen LogP contribution < -0.4 is 10.6 Å². The van der Waals surface area contributed by atoms with Crippen LogP contribution >= 0.6 is 0 Å². The highest BCUT2D eigenvalue weighted by Gasteiger charge is 2.16. The molecule has 0 heterocycles. The molecule has 0 aliphatic carbocycles. The number of ether oxygens (including phenoxy) is 1. The fourth-order valence-corrected chi connectivity index (χ4v) is 2.11. The molecule has 2 rings (SSSR count). The van der Waals surface area contributed by atoms with Crippen LogP contribution in [0.3, 0.4) is 0 Å². The zero-order chi connectivity index (χ0) is 17.9. The Kier molecular flexibility index (Phi) is 6.84. The van der Waals surface area contributed by atoms with E-state index in [9.17, 15) is 9.59 Å². The van der Waals surface area contributed by atoms with Crippen molar-refractivity contribution in [1.29, 1.82) is 0 Å². The van der Waals surface area contributed by atoms with Crippen molar-refractivity contribution >= 4 is 12.1 Å². The number of urea groups is 1. The lowest BCUT2D eigenvalue weighted by atomic mass is 10.1. The van der Waals surface area contributed by atoms with E-state index in [0.29, 0.717) is 6.42 Å². The van der Waals surface area contributed by atoms with E-state index in [1.54, 1.807) is 0 Å². The number of azide groups is 1. The zero-order valence-electron chi connectivity index (χ0n) is 13.3. The number of carbonyl (C=O) groups is 2. The minimum Gasteiger partial charge on any atom is -0.445 e. The van der Waals surface area contributed by atoms with E-state index in [4.69, 9.17) is 10.3 Å². The van der Waals surface area contributed by atoms with Gasteiger partial charge in [0.05, 0.1) is 0 Å². The van der Waals surface area contributed by atoms with Crippen molar-refractivity contribution in [3.8, 4) is 0 Å². The van der Waals surface area contributed by atoms with E-state index in [1.807, 2.05) is 60.7 Å².